The zero-order valence-corrected chi connectivity index (χ0v) is 13.6. The fraction of sp³-hybridized carbons (Fsp3) is 0.588. The molecule has 0 amide bonds. The van der Waals surface area contributed by atoms with Crippen LogP contribution in [0.25, 0.3) is 0 Å². The molecule has 4 heteroatoms. The Bertz CT molecular complexity index is 434. The van der Waals surface area contributed by atoms with E-state index in [0.717, 1.165) is 19.5 Å². The number of rotatable bonds is 10. The van der Waals surface area contributed by atoms with Gasteiger partial charge in [0.25, 0.3) is 0 Å². The molecule has 0 spiro atoms. The molecule has 0 saturated carbocycles. The lowest BCUT2D eigenvalue weighted by atomic mass is 10.1. The zero-order valence-electron chi connectivity index (χ0n) is 13.6. The van der Waals surface area contributed by atoms with Gasteiger partial charge in [0, 0.05) is 26.2 Å². The minimum atomic E-state index is 0.0313. The summed E-state index contributed by atoms with van der Waals surface area (Å²) in [6.07, 6.45) is 1.09. The monoisotopic (exact) mass is 293 g/mol. The van der Waals surface area contributed by atoms with Crippen LogP contribution in [0, 0.1) is 0 Å². The van der Waals surface area contributed by atoms with Crippen LogP contribution in [0.1, 0.15) is 37.6 Å². The summed E-state index contributed by atoms with van der Waals surface area (Å²) in [6, 6.07) is 7.88. The van der Waals surface area contributed by atoms with E-state index in [1.807, 2.05) is 18.2 Å². The summed E-state index contributed by atoms with van der Waals surface area (Å²) in [5, 5.41) is 0. The standard InChI is InChI=1S/C17H27NO3/c1-5-14(2)18(10-12-20-4)11-13-21-17-9-7-6-8-16(17)15(3)19/h6-9,14H,5,10-13H2,1-4H3. The van der Waals surface area contributed by atoms with E-state index in [9.17, 15) is 4.79 Å². The second-order valence-electron chi connectivity index (χ2n) is 5.19. The van der Waals surface area contributed by atoms with E-state index in [1.54, 1.807) is 20.1 Å². The van der Waals surface area contributed by atoms with Gasteiger partial charge in [-0.15, -0.1) is 0 Å². The van der Waals surface area contributed by atoms with Crippen molar-refractivity contribution in [3.63, 3.8) is 0 Å². The molecule has 0 N–H and O–H groups in total. The van der Waals surface area contributed by atoms with Gasteiger partial charge in [-0.2, -0.15) is 0 Å². The number of carbonyl (C=O) groups is 1. The van der Waals surface area contributed by atoms with E-state index < -0.39 is 0 Å². The van der Waals surface area contributed by atoms with Gasteiger partial charge in [-0.1, -0.05) is 19.1 Å². The van der Waals surface area contributed by atoms with Crippen molar-refractivity contribution < 1.29 is 14.3 Å². The Morgan fingerprint density at radius 1 is 1.24 bits per heavy atom. The molecule has 0 aromatic heterocycles. The molecule has 1 rings (SSSR count). The summed E-state index contributed by atoms with van der Waals surface area (Å²) in [5.74, 6) is 0.699. The quantitative estimate of drug-likeness (QED) is 0.622. The van der Waals surface area contributed by atoms with Crippen molar-refractivity contribution in [2.24, 2.45) is 0 Å². The number of ketones is 1. The predicted molar refractivity (Wildman–Crippen MR) is 85.1 cm³/mol. The highest BCUT2D eigenvalue weighted by molar-refractivity contribution is 5.96. The predicted octanol–water partition coefficient (Wildman–Crippen LogP) is 3.01. The second-order valence-corrected chi connectivity index (χ2v) is 5.19. The molecule has 21 heavy (non-hydrogen) atoms. The lowest BCUT2D eigenvalue weighted by Gasteiger charge is -2.28. The lowest BCUT2D eigenvalue weighted by Crippen LogP contribution is -2.38. The summed E-state index contributed by atoms with van der Waals surface area (Å²) in [6.45, 7) is 8.95. The van der Waals surface area contributed by atoms with Gasteiger partial charge in [0.2, 0.25) is 0 Å². The summed E-state index contributed by atoms with van der Waals surface area (Å²) >= 11 is 0. The molecule has 0 aliphatic heterocycles. The molecule has 0 heterocycles. The molecule has 0 saturated heterocycles. The van der Waals surface area contributed by atoms with Gasteiger partial charge in [-0.05, 0) is 32.4 Å². The van der Waals surface area contributed by atoms with Crippen LogP contribution in [0.4, 0.5) is 0 Å². The van der Waals surface area contributed by atoms with Crippen molar-refractivity contribution in [1.82, 2.24) is 4.90 Å². The molecular formula is C17H27NO3. The first-order chi connectivity index (χ1) is 10.1. The van der Waals surface area contributed by atoms with Gasteiger partial charge in [0.15, 0.2) is 5.78 Å². The van der Waals surface area contributed by atoms with Crippen LogP contribution in [0.15, 0.2) is 24.3 Å². The Balaban J connectivity index is 2.55. The Morgan fingerprint density at radius 2 is 1.90 bits per heavy atom. The Kier molecular flexibility index (Phi) is 8.01. The number of hydrogen-bond acceptors (Lipinski definition) is 4. The number of carbonyl (C=O) groups excluding carboxylic acids is 1. The third-order valence-electron chi connectivity index (χ3n) is 3.70. The number of nitrogens with zero attached hydrogens (tertiary/aromatic N) is 1. The molecule has 0 bridgehead atoms. The zero-order chi connectivity index (χ0) is 15.7. The molecule has 1 aromatic carbocycles. The van der Waals surface area contributed by atoms with Crippen LogP contribution < -0.4 is 4.74 Å². The van der Waals surface area contributed by atoms with Crippen LogP contribution in [0.3, 0.4) is 0 Å². The van der Waals surface area contributed by atoms with Crippen LogP contribution in [-0.4, -0.2) is 50.1 Å². The minimum absolute atomic E-state index is 0.0313. The molecule has 0 aliphatic rings. The van der Waals surface area contributed by atoms with Crippen molar-refractivity contribution in [3.05, 3.63) is 29.8 Å². The molecule has 1 unspecified atom stereocenters. The number of ether oxygens (including phenoxy) is 2. The van der Waals surface area contributed by atoms with Crippen LogP contribution >= 0.6 is 0 Å². The molecule has 1 atom stereocenters. The average Bonchev–Trinajstić information content (AvgIpc) is 2.50. The van der Waals surface area contributed by atoms with Gasteiger partial charge >= 0.3 is 0 Å². The van der Waals surface area contributed by atoms with E-state index in [1.165, 1.54) is 0 Å². The van der Waals surface area contributed by atoms with Gasteiger partial charge in [-0.3, -0.25) is 9.69 Å². The third kappa shape index (κ3) is 5.86. The van der Waals surface area contributed by atoms with Crippen molar-refractivity contribution in [3.8, 4) is 5.75 Å². The number of para-hydroxylation sites is 1. The summed E-state index contributed by atoms with van der Waals surface area (Å²) < 4.78 is 11.0. The third-order valence-corrected chi connectivity index (χ3v) is 3.70. The first-order valence-electron chi connectivity index (χ1n) is 7.55. The van der Waals surface area contributed by atoms with Crippen molar-refractivity contribution in [1.29, 1.82) is 0 Å². The highest BCUT2D eigenvalue weighted by Gasteiger charge is 2.13. The van der Waals surface area contributed by atoms with E-state index in [2.05, 4.69) is 18.7 Å². The van der Waals surface area contributed by atoms with Crippen molar-refractivity contribution in [2.75, 3.05) is 33.4 Å². The normalized spacial score (nSPS) is 12.4. The van der Waals surface area contributed by atoms with Gasteiger partial charge < -0.3 is 9.47 Å². The Morgan fingerprint density at radius 3 is 2.52 bits per heavy atom. The summed E-state index contributed by atoms with van der Waals surface area (Å²) in [5.41, 5.74) is 0.643. The van der Waals surface area contributed by atoms with E-state index >= 15 is 0 Å². The number of benzene rings is 1. The molecule has 0 radical (unpaired) electrons. The minimum Gasteiger partial charge on any atom is -0.491 e. The fourth-order valence-electron chi connectivity index (χ4n) is 2.18. The molecule has 0 aliphatic carbocycles. The number of methoxy groups -OCH3 is 1. The van der Waals surface area contributed by atoms with E-state index in [4.69, 9.17) is 9.47 Å². The smallest absolute Gasteiger partial charge is 0.163 e. The van der Waals surface area contributed by atoms with Crippen LogP contribution in [0.2, 0.25) is 0 Å². The number of hydrogen-bond donors (Lipinski definition) is 0. The SMILES string of the molecule is CCC(C)N(CCOC)CCOc1ccccc1C(C)=O. The maximum Gasteiger partial charge on any atom is 0.163 e. The van der Waals surface area contributed by atoms with Gasteiger partial charge in [-0.25, -0.2) is 0 Å². The molecule has 4 nitrogen and oxygen atoms in total. The van der Waals surface area contributed by atoms with Crippen molar-refractivity contribution >= 4 is 5.78 Å². The van der Waals surface area contributed by atoms with E-state index in [0.29, 0.717) is 30.6 Å². The molecule has 118 valence electrons. The van der Waals surface area contributed by atoms with Gasteiger partial charge in [0.1, 0.15) is 12.4 Å². The number of Topliss-reactive ketones (excluding diaryl/α,β-unsaturated/α-hetero) is 1. The maximum atomic E-state index is 11.6. The Labute approximate surface area is 128 Å². The molecule has 1 aromatic rings. The fourth-order valence-corrected chi connectivity index (χ4v) is 2.18. The molecule has 0 fully saturated rings. The highest BCUT2D eigenvalue weighted by Crippen LogP contribution is 2.18. The lowest BCUT2D eigenvalue weighted by molar-refractivity contribution is 0.1000. The van der Waals surface area contributed by atoms with Crippen LogP contribution in [-0.2, 0) is 4.74 Å². The first kappa shape index (κ1) is 17.7. The van der Waals surface area contributed by atoms with Crippen LogP contribution in [0.5, 0.6) is 5.75 Å². The first-order valence-corrected chi connectivity index (χ1v) is 7.55. The second kappa shape index (κ2) is 9.53. The summed E-state index contributed by atoms with van der Waals surface area (Å²) in [4.78, 5) is 13.9. The highest BCUT2D eigenvalue weighted by atomic mass is 16.5. The Hall–Kier alpha value is -1.39. The largest absolute Gasteiger partial charge is 0.491 e. The molecular weight excluding hydrogens is 266 g/mol. The van der Waals surface area contributed by atoms with Gasteiger partial charge in [0.05, 0.1) is 12.2 Å². The summed E-state index contributed by atoms with van der Waals surface area (Å²) in [7, 11) is 1.72. The van der Waals surface area contributed by atoms with E-state index in [-0.39, 0.29) is 5.78 Å². The van der Waals surface area contributed by atoms with Crippen molar-refractivity contribution in [2.45, 2.75) is 33.2 Å². The topological polar surface area (TPSA) is 38.8 Å². The maximum absolute atomic E-state index is 11.6. The average molecular weight is 293 g/mol.